The molecule has 1 unspecified atom stereocenters. The molecule has 0 spiro atoms. The fourth-order valence-electron chi connectivity index (χ4n) is 4.25. The van der Waals surface area contributed by atoms with E-state index in [0.29, 0.717) is 17.4 Å². The highest BCUT2D eigenvalue weighted by atomic mass is 16.2. The largest absolute Gasteiger partial charge is 0.340 e. The Morgan fingerprint density at radius 3 is 2.83 bits per heavy atom. The van der Waals surface area contributed by atoms with Gasteiger partial charge < -0.3 is 9.88 Å². The summed E-state index contributed by atoms with van der Waals surface area (Å²) in [6.07, 6.45) is 3.23. The third-order valence-corrected chi connectivity index (χ3v) is 6.04. The highest BCUT2D eigenvalue weighted by Gasteiger charge is 2.32. The standard InChI is InChI=1S/C23H23N5O2/c1-14-10-18-19(11-15(14)2)26-22(25-18)20-8-5-9-28(20)21(29)12-27-13-24-17-7-4-3-6-16(17)23(27)30/h3-4,6-7,10-11,13,20H,5,8-9,12H2,1-2H3,(H,25,26). The predicted molar refractivity (Wildman–Crippen MR) is 115 cm³/mol. The number of para-hydroxylation sites is 1. The van der Waals surface area contributed by atoms with Crippen LogP contribution in [0.1, 0.15) is 35.8 Å². The molecule has 1 aliphatic heterocycles. The Labute approximate surface area is 173 Å². The van der Waals surface area contributed by atoms with Crippen LogP contribution in [0.5, 0.6) is 0 Å². The van der Waals surface area contributed by atoms with Crippen LogP contribution in [0.4, 0.5) is 0 Å². The van der Waals surface area contributed by atoms with Crippen molar-refractivity contribution in [1.82, 2.24) is 24.4 Å². The second-order valence-electron chi connectivity index (χ2n) is 8.02. The highest BCUT2D eigenvalue weighted by molar-refractivity contribution is 5.80. The van der Waals surface area contributed by atoms with Crippen molar-refractivity contribution in [3.8, 4) is 0 Å². The molecule has 7 nitrogen and oxygen atoms in total. The first kappa shape index (κ1) is 18.5. The molecule has 1 saturated heterocycles. The van der Waals surface area contributed by atoms with Crippen molar-refractivity contribution in [3.63, 3.8) is 0 Å². The molecule has 0 aliphatic carbocycles. The Bertz CT molecular complexity index is 1300. The minimum atomic E-state index is -0.195. The molecule has 0 bridgehead atoms. The fourth-order valence-corrected chi connectivity index (χ4v) is 4.25. The van der Waals surface area contributed by atoms with Crippen LogP contribution in [-0.2, 0) is 11.3 Å². The molecule has 2 aromatic carbocycles. The van der Waals surface area contributed by atoms with Crippen molar-refractivity contribution < 1.29 is 4.79 Å². The number of likely N-dealkylation sites (tertiary alicyclic amines) is 1. The minimum Gasteiger partial charge on any atom is -0.340 e. The number of hydrogen-bond acceptors (Lipinski definition) is 4. The summed E-state index contributed by atoms with van der Waals surface area (Å²) in [5, 5.41) is 0.522. The van der Waals surface area contributed by atoms with Crippen molar-refractivity contribution in [2.24, 2.45) is 0 Å². The van der Waals surface area contributed by atoms with E-state index < -0.39 is 0 Å². The maximum absolute atomic E-state index is 13.1. The Kier molecular flexibility index (Phi) is 4.38. The van der Waals surface area contributed by atoms with Crippen molar-refractivity contribution in [3.05, 3.63) is 70.0 Å². The second kappa shape index (κ2) is 7.09. The Morgan fingerprint density at radius 1 is 1.17 bits per heavy atom. The molecule has 5 rings (SSSR count). The van der Waals surface area contributed by atoms with Gasteiger partial charge in [-0.25, -0.2) is 9.97 Å². The van der Waals surface area contributed by atoms with Gasteiger partial charge in [-0.2, -0.15) is 0 Å². The number of aryl methyl sites for hydroxylation is 2. The molecule has 1 N–H and O–H groups in total. The molecule has 4 aromatic rings. The molecule has 30 heavy (non-hydrogen) atoms. The van der Waals surface area contributed by atoms with Crippen LogP contribution < -0.4 is 5.56 Å². The summed E-state index contributed by atoms with van der Waals surface area (Å²) in [7, 11) is 0. The van der Waals surface area contributed by atoms with Crippen LogP contribution in [0.15, 0.2) is 47.5 Å². The number of hydrogen-bond donors (Lipinski definition) is 1. The van der Waals surface area contributed by atoms with Gasteiger partial charge in [0.05, 0.1) is 34.3 Å². The summed E-state index contributed by atoms with van der Waals surface area (Å²) >= 11 is 0. The first-order valence-electron chi connectivity index (χ1n) is 10.2. The maximum atomic E-state index is 13.1. The lowest BCUT2D eigenvalue weighted by Gasteiger charge is -2.23. The zero-order valence-electron chi connectivity index (χ0n) is 17.1. The van der Waals surface area contributed by atoms with E-state index in [1.807, 2.05) is 11.0 Å². The number of carbonyl (C=O) groups is 1. The SMILES string of the molecule is Cc1cc2nc(C3CCCN3C(=O)Cn3cnc4ccccc4c3=O)[nH]c2cc1C. The zero-order chi connectivity index (χ0) is 20.8. The third kappa shape index (κ3) is 3.07. The molecule has 1 atom stereocenters. The number of aromatic amines is 1. The van der Waals surface area contributed by atoms with E-state index in [0.717, 1.165) is 29.7 Å². The number of carbonyl (C=O) groups excluding carboxylic acids is 1. The lowest BCUT2D eigenvalue weighted by Crippen LogP contribution is -2.36. The summed E-state index contributed by atoms with van der Waals surface area (Å²) in [4.78, 5) is 40.2. The van der Waals surface area contributed by atoms with E-state index in [-0.39, 0.29) is 24.1 Å². The van der Waals surface area contributed by atoms with Gasteiger partial charge in [0.15, 0.2) is 0 Å². The Hall–Kier alpha value is -3.48. The summed E-state index contributed by atoms with van der Waals surface area (Å²) in [5.41, 5.74) is 4.76. The number of amides is 1. The summed E-state index contributed by atoms with van der Waals surface area (Å²) < 4.78 is 1.39. The van der Waals surface area contributed by atoms with Gasteiger partial charge in [0, 0.05) is 6.54 Å². The maximum Gasteiger partial charge on any atom is 0.261 e. The van der Waals surface area contributed by atoms with E-state index >= 15 is 0 Å². The van der Waals surface area contributed by atoms with Crippen LogP contribution in [0.2, 0.25) is 0 Å². The summed E-state index contributed by atoms with van der Waals surface area (Å²) in [6, 6.07) is 11.3. The topological polar surface area (TPSA) is 83.9 Å². The molecule has 1 amide bonds. The quantitative estimate of drug-likeness (QED) is 0.571. The molecule has 1 fully saturated rings. The third-order valence-electron chi connectivity index (χ3n) is 6.04. The van der Waals surface area contributed by atoms with Crippen LogP contribution in [0.3, 0.4) is 0 Å². The second-order valence-corrected chi connectivity index (χ2v) is 8.02. The van der Waals surface area contributed by atoms with Crippen LogP contribution >= 0.6 is 0 Å². The number of imidazole rings is 1. The highest BCUT2D eigenvalue weighted by Crippen LogP contribution is 2.32. The van der Waals surface area contributed by atoms with Crippen LogP contribution in [-0.4, -0.2) is 36.9 Å². The number of benzene rings is 2. The first-order chi connectivity index (χ1) is 14.5. The van der Waals surface area contributed by atoms with Gasteiger partial charge in [-0.1, -0.05) is 12.1 Å². The van der Waals surface area contributed by atoms with Crippen LogP contribution in [0, 0.1) is 13.8 Å². The molecule has 0 radical (unpaired) electrons. The number of fused-ring (bicyclic) bond motifs is 2. The van der Waals surface area contributed by atoms with Crippen molar-refractivity contribution in [2.75, 3.05) is 6.54 Å². The number of nitrogens with one attached hydrogen (secondary N) is 1. The van der Waals surface area contributed by atoms with Gasteiger partial charge in [0.25, 0.3) is 5.56 Å². The molecular formula is C23H23N5O2. The van der Waals surface area contributed by atoms with Gasteiger partial charge in [-0.05, 0) is 62.1 Å². The summed E-state index contributed by atoms with van der Waals surface area (Å²) in [6.45, 7) is 4.79. The number of aromatic nitrogens is 4. The van der Waals surface area contributed by atoms with E-state index in [2.05, 4.69) is 35.9 Å². The zero-order valence-corrected chi connectivity index (χ0v) is 17.1. The monoisotopic (exact) mass is 401 g/mol. The van der Waals surface area contributed by atoms with Crippen LogP contribution in [0.25, 0.3) is 21.9 Å². The van der Waals surface area contributed by atoms with E-state index in [4.69, 9.17) is 4.98 Å². The molecule has 3 heterocycles. The average molecular weight is 401 g/mol. The van der Waals surface area contributed by atoms with Gasteiger partial charge >= 0.3 is 0 Å². The van der Waals surface area contributed by atoms with Crippen molar-refractivity contribution in [2.45, 2.75) is 39.3 Å². The minimum absolute atomic E-state index is 0.0222. The van der Waals surface area contributed by atoms with Crippen molar-refractivity contribution in [1.29, 1.82) is 0 Å². The van der Waals surface area contributed by atoms with Gasteiger partial charge in [-0.3, -0.25) is 14.2 Å². The van der Waals surface area contributed by atoms with Crippen molar-refractivity contribution >= 4 is 27.8 Å². The normalized spacial score (nSPS) is 16.6. The number of nitrogens with zero attached hydrogens (tertiary/aromatic N) is 4. The average Bonchev–Trinajstić information content (AvgIpc) is 3.37. The lowest BCUT2D eigenvalue weighted by atomic mass is 10.1. The predicted octanol–water partition coefficient (Wildman–Crippen LogP) is 3.25. The molecule has 2 aromatic heterocycles. The molecule has 0 saturated carbocycles. The van der Waals surface area contributed by atoms with Gasteiger partial charge in [0.2, 0.25) is 5.91 Å². The molecule has 152 valence electrons. The van der Waals surface area contributed by atoms with Gasteiger partial charge in [-0.15, -0.1) is 0 Å². The molecule has 1 aliphatic rings. The first-order valence-corrected chi connectivity index (χ1v) is 10.2. The Morgan fingerprint density at radius 2 is 1.97 bits per heavy atom. The molecule has 7 heteroatoms. The molecular weight excluding hydrogens is 378 g/mol. The number of H-pyrrole nitrogens is 1. The van der Waals surface area contributed by atoms with Gasteiger partial charge in [0.1, 0.15) is 12.4 Å². The van der Waals surface area contributed by atoms with E-state index in [9.17, 15) is 9.59 Å². The lowest BCUT2D eigenvalue weighted by molar-refractivity contribution is -0.133. The smallest absolute Gasteiger partial charge is 0.261 e. The number of rotatable bonds is 3. The summed E-state index contributed by atoms with van der Waals surface area (Å²) in [5.74, 6) is 0.717. The van der Waals surface area contributed by atoms with E-state index in [1.165, 1.54) is 22.0 Å². The van der Waals surface area contributed by atoms with E-state index in [1.54, 1.807) is 18.2 Å². The fraction of sp³-hybridized carbons (Fsp3) is 0.304. The Balaban J connectivity index is 1.43.